The number of hydrogen-bond acceptors (Lipinski definition) is 5. The van der Waals surface area contributed by atoms with E-state index in [0.717, 1.165) is 4.88 Å². The summed E-state index contributed by atoms with van der Waals surface area (Å²) >= 11 is 7.52. The lowest BCUT2D eigenvalue weighted by Gasteiger charge is -2.08. The Balaban J connectivity index is 1.82. The molecule has 0 spiro atoms. The van der Waals surface area contributed by atoms with Crippen molar-refractivity contribution in [1.82, 2.24) is 5.43 Å². The predicted molar refractivity (Wildman–Crippen MR) is 101 cm³/mol. The summed E-state index contributed by atoms with van der Waals surface area (Å²) in [6.07, 6.45) is 0.327. The van der Waals surface area contributed by atoms with Crippen molar-refractivity contribution in [2.24, 2.45) is 5.10 Å². The summed E-state index contributed by atoms with van der Waals surface area (Å²) < 4.78 is 5.06. The quantitative estimate of drug-likeness (QED) is 0.571. The van der Waals surface area contributed by atoms with Gasteiger partial charge in [0.15, 0.2) is 0 Å². The molecule has 6 nitrogen and oxygen atoms in total. The number of ether oxygens (including phenoxy) is 1. The SMILES string of the molecule is COc1ccc(NC(=O)C/C(C)=N\NC(=O)Cc2cccs2)cc1Cl. The van der Waals surface area contributed by atoms with Gasteiger partial charge >= 0.3 is 0 Å². The first-order valence-corrected chi connectivity index (χ1v) is 8.71. The molecule has 0 unspecified atom stereocenters. The first kappa shape index (κ1) is 19.0. The number of benzene rings is 1. The molecule has 2 amide bonds. The van der Waals surface area contributed by atoms with Crippen molar-refractivity contribution in [3.63, 3.8) is 0 Å². The van der Waals surface area contributed by atoms with E-state index in [1.807, 2.05) is 17.5 Å². The van der Waals surface area contributed by atoms with Crippen LogP contribution in [0.3, 0.4) is 0 Å². The second-order valence-corrected chi connectivity index (χ2v) is 6.65. The number of rotatable bonds is 7. The topological polar surface area (TPSA) is 79.8 Å². The molecule has 1 aromatic heterocycles. The van der Waals surface area contributed by atoms with Crippen LogP contribution in [0.5, 0.6) is 5.75 Å². The molecule has 0 aliphatic rings. The van der Waals surface area contributed by atoms with Crippen LogP contribution < -0.4 is 15.5 Å². The van der Waals surface area contributed by atoms with Crippen LogP contribution in [0.2, 0.25) is 5.02 Å². The molecule has 0 bridgehead atoms. The number of amides is 2. The minimum Gasteiger partial charge on any atom is -0.495 e. The maximum atomic E-state index is 12.0. The van der Waals surface area contributed by atoms with Gasteiger partial charge in [-0.15, -0.1) is 11.3 Å². The van der Waals surface area contributed by atoms with Gasteiger partial charge in [-0.1, -0.05) is 17.7 Å². The van der Waals surface area contributed by atoms with Gasteiger partial charge in [-0.3, -0.25) is 9.59 Å². The van der Waals surface area contributed by atoms with Gasteiger partial charge in [-0.2, -0.15) is 5.10 Å². The lowest BCUT2D eigenvalue weighted by Crippen LogP contribution is -2.22. The van der Waals surface area contributed by atoms with Crippen LogP contribution in [0.4, 0.5) is 5.69 Å². The molecule has 0 atom stereocenters. The molecule has 2 rings (SSSR count). The summed E-state index contributed by atoms with van der Waals surface area (Å²) in [5, 5.41) is 8.98. The van der Waals surface area contributed by atoms with E-state index in [2.05, 4.69) is 15.8 Å². The zero-order chi connectivity index (χ0) is 18.2. The Hall–Kier alpha value is -2.38. The Kier molecular flexibility index (Phi) is 6.97. The standard InChI is InChI=1S/C17H18ClN3O3S/c1-11(20-21-17(23)10-13-4-3-7-25-13)8-16(22)19-12-5-6-15(24-2)14(18)9-12/h3-7,9H,8,10H2,1-2H3,(H,19,22)(H,21,23)/b20-11-. The van der Waals surface area contributed by atoms with Crippen molar-refractivity contribution >= 4 is 46.2 Å². The first-order chi connectivity index (χ1) is 12.0. The molecule has 0 fully saturated rings. The fourth-order valence-corrected chi connectivity index (χ4v) is 2.95. The molecule has 2 N–H and O–H groups in total. The van der Waals surface area contributed by atoms with E-state index in [4.69, 9.17) is 16.3 Å². The van der Waals surface area contributed by atoms with Crippen LogP contribution >= 0.6 is 22.9 Å². The van der Waals surface area contributed by atoms with E-state index in [1.165, 1.54) is 18.4 Å². The van der Waals surface area contributed by atoms with Crippen LogP contribution in [0.1, 0.15) is 18.2 Å². The van der Waals surface area contributed by atoms with Crippen molar-refractivity contribution in [3.05, 3.63) is 45.6 Å². The van der Waals surface area contributed by atoms with Gasteiger partial charge in [-0.05, 0) is 36.6 Å². The van der Waals surface area contributed by atoms with Gasteiger partial charge in [0.2, 0.25) is 11.8 Å². The average Bonchev–Trinajstić information content (AvgIpc) is 3.06. The minimum atomic E-state index is -0.255. The minimum absolute atomic E-state index is 0.0585. The molecule has 0 radical (unpaired) electrons. The second kappa shape index (κ2) is 9.19. The van der Waals surface area contributed by atoms with Crippen molar-refractivity contribution in [2.75, 3.05) is 12.4 Å². The number of carbonyl (C=O) groups is 2. The van der Waals surface area contributed by atoms with Crippen LogP contribution in [0.15, 0.2) is 40.8 Å². The van der Waals surface area contributed by atoms with Gasteiger partial charge < -0.3 is 10.1 Å². The fraction of sp³-hybridized carbons (Fsp3) is 0.235. The van der Waals surface area contributed by atoms with Crippen LogP contribution in [-0.2, 0) is 16.0 Å². The van der Waals surface area contributed by atoms with Gasteiger partial charge in [-0.25, -0.2) is 5.43 Å². The maximum absolute atomic E-state index is 12.0. The van der Waals surface area contributed by atoms with Crippen molar-refractivity contribution in [2.45, 2.75) is 19.8 Å². The summed E-state index contributed by atoms with van der Waals surface area (Å²) in [5.74, 6) is 0.0602. The molecular formula is C17H18ClN3O3S. The molecular weight excluding hydrogens is 362 g/mol. The molecule has 1 heterocycles. The maximum Gasteiger partial charge on any atom is 0.245 e. The molecule has 0 aliphatic heterocycles. The monoisotopic (exact) mass is 379 g/mol. The third-order valence-electron chi connectivity index (χ3n) is 3.14. The molecule has 132 valence electrons. The number of carbonyl (C=O) groups excluding carboxylic acids is 2. The second-order valence-electron chi connectivity index (χ2n) is 5.21. The van der Waals surface area contributed by atoms with E-state index >= 15 is 0 Å². The third kappa shape index (κ3) is 6.21. The lowest BCUT2D eigenvalue weighted by molar-refractivity contribution is -0.120. The van der Waals surface area contributed by atoms with Gasteiger partial charge in [0.05, 0.1) is 25.0 Å². The number of methoxy groups -OCH3 is 1. The van der Waals surface area contributed by atoms with Crippen molar-refractivity contribution < 1.29 is 14.3 Å². The summed E-state index contributed by atoms with van der Waals surface area (Å²) in [4.78, 5) is 24.7. The van der Waals surface area contributed by atoms with Crippen molar-refractivity contribution in [1.29, 1.82) is 0 Å². The summed E-state index contributed by atoms with van der Waals surface area (Å²) in [5.41, 5.74) is 3.51. The highest BCUT2D eigenvalue weighted by molar-refractivity contribution is 7.10. The Bertz CT molecular complexity index is 775. The van der Waals surface area contributed by atoms with Crippen LogP contribution in [0, 0.1) is 0 Å². The smallest absolute Gasteiger partial charge is 0.245 e. The number of nitrogens with one attached hydrogen (secondary N) is 2. The Morgan fingerprint density at radius 2 is 2.08 bits per heavy atom. The lowest BCUT2D eigenvalue weighted by atomic mass is 10.2. The first-order valence-electron chi connectivity index (χ1n) is 7.45. The van der Waals surface area contributed by atoms with Gasteiger partial charge in [0, 0.05) is 16.3 Å². The van der Waals surface area contributed by atoms with Gasteiger partial charge in [0.1, 0.15) is 5.75 Å². The molecule has 0 saturated heterocycles. The number of hydrazone groups is 1. The number of halogens is 1. The molecule has 1 aromatic carbocycles. The van der Waals surface area contributed by atoms with Gasteiger partial charge in [0.25, 0.3) is 0 Å². The number of thiophene rings is 1. The van der Waals surface area contributed by atoms with Crippen LogP contribution in [-0.4, -0.2) is 24.6 Å². The Morgan fingerprint density at radius 3 is 2.72 bits per heavy atom. The molecule has 0 saturated carbocycles. The Morgan fingerprint density at radius 1 is 1.28 bits per heavy atom. The largest absolute Gasteiger partial charge is 0.495 e. The van der Waals surface area contributed by atoms with E-state index in [9.17, 15) is 9.59 Å². The molecule has 2 aromatic rings. The zero-order valence-corrected chi connectivity index (χ0v) is 15.4. The number of anilines is 1. The summed E-state index contributed by atoms with van der Waals surface area (Å²) in [7, 11) is 1.52. The predicted octanol–water partition coefficient (Wildman–Crippen LogP) is 3.47. The fourth-order valence-electron chi connectivity index (χ4n) is 1.99. The van der Waals surface area contributed by atoms with Crippen molar-refractivity contribution in [3.8, 4) is 5.75 Å². The highest BCUT2D eigenvalue weighted by atomic mass is 35.5. The normalized spacial score (nSPS) is 11.1. The summed E-state index contributed by atoms with van der Waals surface area (Å²) in [6, 6.07) is 8.74. The highest BCUT2D eigenvalue weighted by Gasteiger charge is 2.08. The van der Waals surface area contributed by atoms with E-state index in [1.54, 1.807) is 25.1 Å². The molecule has 25 heavy (non-hydrogen) atoms. The average molecular weight is 380 g/mol. The zero-order valence-electron chi connectivity index (χ0n) is 13.8. The third-order valence-corrected chi connectivity index (χ3v) is 4.31. The van der Waals surface area contributed by atoms with E-state index < -0.39 is 0 Å². The van der Waals surface area contributed by atoms with E-state index in [0.29, 0.717) is 22.2 Å². The summed E-state index contributed by atoms with van der Waals surface area (Å²) in [6.45, 7) is 1.67. The Labute approximate surface area is 154 Å². The molecule has 0 aliphatic carbocycles. The highest BCUT2D eigenvalue weighted by Crippen LogP contribution is 2.27. The molecule has 8 heteroatoms. The van der Waals surface area contributed by atoms with E-state index in [-0.39, 0.29) is 24.7 Å². The number of nitrogens with zero attached hydrogens (tertiary/aromatic N) is 1. The van der Waals surface area contributed by atoms with Crippen LogP contribution in [0.25, 0.3) is 0 Å². The number of hydrogen-bond donors (Lipinski definition) is 2.